The largest absolute Gasteiger partial charge is 0.497 e. The van der Waals surface area contributed by atoms with Gasteiger partial charge in [-0.15, -0.1) is 0 Å². The Kier molecular flexibility index (Phi) is 9.30. The molecule has 0 unspecified atom stereocenters. The van der Waals surface area contributed by atoms with E-state index in [4.69, 9.17) is 23.9 Å². The summed E-state index contributed by atoms with van der Waals surface area (Å²) in [6.07, 6.45) is 1.76. The highest BCUT2D eigenvalue weighted by Crippen LogP contribution is 2.36. The van der Waals surface area contributed by atoms with Crippen molar-refractivity contribution < 1.29 is 28.1 Å². The molecule has 4 aromatic carbocycles. The van der Waals surface area contributed by atoms with E-state index in [0.29, 0.717) is 43.4 Å². The molecule has 8 nitrogen and oxygen atoms in total. The van der Waals surface area contributed by atoms with Crippen LogP contribution in [0.4, 0.5) is 4.39 Å². The van der Waals surface area contributed by atoms with E-state index in [2.05, 4.69) is 0 Å². The number of rotatable bonds is 10. The van der Waals surface area contributed by atoms with Crippen molar-refractivity contribution in [3.05, 3.63) is 150 Å². The lowest BCUT2D eigenvalue weighted by Crippen LogP contribution is -2.40. The average molecular weight is 651 g/mol. The minimum absolute atomic E-state index is 0.162. The molecule has 10 heteroatoms. The first-order valence-corrected chi connectivity index (χ1v) is 15.7. The number of esters is 1. The van der Waals surface area contributed by atoms with Gasteiger partial charge in [-0.3, -0.25) is 9.36 Å². The van der Waals surface area contributed by atoms with Gasteiger partial charge < -0.3 is 18.9 Å². The number of benzene rings is 4. The van der Waals surface area contributed by atoms with Gasteiger partial charge in [0.1, 0.15) is 18.2 Å². The number of hydrogen-bond donors (Lipinski definition) is 0. The Hall–Kier alpha value is -5.48. The molecular weight excluding hydrogens is 619 g/mol. The molecule has 238 valence electrons. The van der Waals surface area contributed by atoms with E-state index in [-0.39, 0.29) is 30.2 Å². The zero-order valence-electron chi connectivity index (χ0n) is 25.9. The van der Waals surface area contributed by atoms with Crippen molar-refractivity contribution in [1.29, 1.82) is 0 Å². The molecule has 0 radical (unpaired) electrons. The molecule has 0 saturated heterocycles. The first-order chi connectivity index (χ1) is 22.9. The lowest BCUT2D eigenvalue weighted by atomic mass is 9.93. The first kappa shape index (κ1) is 31.5. The Labute approximate surface area is 274 Å². The highest BCUT2D eigenvalue weighted by atomic mass is 32.1. The Bertz CT molecular complexity index is 2120. The van der Waals surface area contributed by atoms with Crippen molar-refractivity contribution in [3.63, 3.8) is 0 Å². The van der Waals surface area contributed by atoms with E-state index < -0.39 is 12.0 Å². The highest BCUT2D eigenvalue weighted by molar-refractivity contribution is 7.07. The van der Waals surface area contributed by atoms with Gasteiger partial charge in [0.25, 0.3) is 5.56 Å². The Morgan fingerprint density at radius 3 is 2.36 bits per heavy atom. The summed E-state index contributed by atoms with van der Waals surface area (Å²) in [4.78, 5) is 33.2. The molecule has 0 amide bonds. The minimum Gasteiger partial charge on any atom is -0.497 e. The van der Waals surface area contributed by atoms with Gasteiger partial charge in [0.2, 0.25) is 0 Å². The summed E-state index contributed by atoms with van der Waals surface area (Å²) in [5.74, 6) is 0.753. The van der Waals surface area contributed by atoms with Crippen LogP contribution < -0.4 is 29.1 Å². The van der Waals surface area contributed by atoms with Crippen LogP contribution >= 0.6 is 11.3 Å². The number of carbonyl (C=O) groups is 1. The Morgan fingerprint density at radius 2 is 1.68 bits per heavy atom. The fourth-order valence-corrected chi connectivity index (χ4v) is 6.33. The van der Waals surface area contributed by atoms with E-state index in [0.717, 1.165) is 11.1 Å². The maximum atomic E-state index is 14.2. The predicted octanol–water partition coefficient (Wildman–Crippen LogP) is 5.67. The lowest BCUT2D eigenvalue weighted by Gasteiger charge is -2.26. The summed E-state index contributed by atoms with van der Waals surface area (Å²) in [7, 11) is 3.11. The monoisotopic (exact) mass is 650 g/mol. The zero-order chi connectivity index (χ0) is 32.9. The van der Waals surface area contributed by atoms with E-state index >= 15 is 0 Å². The van der Waals surface area contributed by atoms with Crippen LogP contribution in [0.3, 0.4) is 0 Å². The second-order valence-corrected chi connectivity index (χ2v) is 11.5. The molecule has 1 aliphatic rings. The summed E-state index contributed by atoms with van der Waals surface area (Å²) >= 11 is 1.23. The van der Waals surface area contributed by atoms with Gasteiger partial charge in [-0.1, -0.05) is 72.0 Å². The molecule has 0 spiro atoms. The molecule has 1 atom stereocenters. The van der Waals surface area contributed by atoms with Crippen LogP contribution in [0.2, 0.25) is 0 Å². The van der Waals surface area contributed by atoms with Crippen molar-refractivity contribution in [2.45, 2.75) is 19.6 Å². The first-order valence-electron chi connectivity index (χ1n) is 14.9. The molecule has 0 saturated carbocycles. The number of methoxy groups -OCH3 is 2. The molecule has 1 aliphatic heterocycles. The summed E-state index contributed by atoms with van der Waals surface area (Å²) in [5, 5.41) is 0. The third-order valence-corrected chi connectivity index (χ3v) is 8.58. The molecule has 0 aliphatic carbocycles. The minimum atomic E-state index is -0.801. The third-order valence-electron chi connectivity index (χ3n) is 7.60. The highest BCUT2D eigenvalue weighted by Gasteiger charge is 2.35. The Morgan fingerprint density at radius 1 is 0.936 bits per heavy atom. The van der Waals surface area contributed by atoms with Crippen LogP contribution in [0.25, 0.3) is 11.8 Å². The van der Waals surface area contributed by atoms with Crippen LogP contribution in [0, 0.1) is 5.82 Å². The lowest BCUT2D eigenvalue weighted by molar-refractivity contribution is -0.138. The predicted molar refractivity (Wildman–Crippen MR) is 178 cm³/mol. The topological polar surface area (TPSA) is 88.4 Å². The van der Waals surface area contributed by atoms with Crippen molar-refractivity contribution in [2.24, 2.45) is 4.99 Å². The number of thiazole rings is 1. The number of carbonyl (C=O) groups excluding carboxylic acids is 1. The van der Waals surface area contributed by atoms with Gasteiger partial charge >= 0.3 is 5.97 Å². The number of ether oxygens (including phenoxy) is 4. The van der Waals surface area contributed by atoms with E-state index in [9.17, 15) is 14.0 Å². The van der Waals surface area contributed by atoms with Gasteiger partial charge in [0.15, 0.2) is 16.3 Å². The van der Waals surface area contributed by atoms with E-state index in [1.165, 1.54) is 30.6 Å². The second kappa shape index (κ2) is 13.9. The van der Waals surface area contributed by atoms with Gasteiger partial charge in [-0.25, -0.2) is 14.2 Å². The number of aromatic nitrogens is 1. The number of fused-ring (bicyclic) bond motifs is 1. The molecular formula is C37H31FN2O6S. The molecule has 6 rings (SSSR count). The molecule has 1 aromatic heterocycles. The summed E-state index contributed by atoms with van der Waals surface area (Å²) in [6.45, 7) is 2.13. The van der Waals surface area contributed by atoms with Gasteiger partial charge in [0, 0.05) is 5.56 Å². The van der Waals surface area contributed by atoms with Gasteiger partial charge in [-0.2, -0.15) is 0 Å². The van der Waals surface area contributed by atoms with E-state index in [1.807, 2.05) is 48.5 Å². The van der Waals surface area contributed by atoms with Crippen molar-refractivity contribution in [1.82, 2.24) is 4.57 Å². The van der Waals surface area contributed by atoms with Crippen molar-refractivity contribution in [2.75, 3.05) is 20.8 Å². The smallest absolute Gasteiger partial charge is 0.338 e. The van der Waals surface area contributed by atoms with Crippen LogP contribution in [-0.4, -0.2) is 31.4 Å². The van der Waals surface area contributed by atoms with Crippen LogP contribution in [0.5, 0.6) is 17.2 Å². The number of halogens is 1. The fraction of sp³-hybridized carbons (Fsp3) is 0.162. The summed E-state index contributed by atoms with van der Waals surface area (Å²) < 4.78 is 37.7. The molecule has 0 bridgehead atoms. The second-order valence-electron chi connectivity index (χ2n) is 10.5. The van der Waals surface area contributed by atoms with Crippen LogP contribution in [-0.2, 0) is 16.1 Å². The third kappa shape index (κ3) is 6.59. The summed E-state index contributed by atoms with van der Waals surface area (Å²) in [6, 6.07) is 27.3. The van der Waals surface area contributed by atoms with Crippen LogP contribution in [0.15, 0.2) is 112 Å². The summed E-state index contributed by atoms with van der Waals surface area (Å²) in [5.41, 5.74) is 3.35. The normalized spacial score (nSPS) is 14.3. The van der Waals surface area contributed by atoms with E-state index in [1.54, 1.807) is 61.1 Å². The maximum absolute atomic E-state index is 14.2. The molecule has 0 N–H and O–H groups in total. The molecule has 2 heterocycles. The maximum Gasteiger partial charge on any atom is 0.338 e. The average Bonchev–Trinajstić information content (AvgIpc) is 3.41. The van der Waals surface area contributed by atoms with Crippen molar-refractivity contribution >= 4 is 29.1 Å². The molecule has 0 fully saturated rings. The Balaban J connectivity index is 1.46. The quantitative estimate of drug-likeness (QED) is 0.181. The molecule has 47 heavy (non-hydrogen) atoms. The standard InChI is InChI=1S/C37H31FN2O6S/c1-4-45-36(42)32-33(25-8-6-5-7-9-25)39-37-40(34(32)26-13-17-28(43-2)18-14-26)35(41)31(47-37)21-24-12-19-29(30(20-24)44-3)46-22-23-10-15-27(38)16-11-23/h5-21,34H,4,22H2,1-3H3/b31-21-/t34-/m0/s1. The SMILES string of the molecule is CCOC(=O)C1=C(c2ccccc2)N=c2s/c(=C\c3ccc(OCc4ccc(F)cc4)c(OC)c3)c(=O)n2[C@H]1c1ccc(OC)cc1. The van der Waals surface area contributed by atoms with Crippen molar-refractivity contribution in [3.8, 4) is 17.2 Å². The zero-order valence-corrected chi connectivity index (χ0v) is 26.8. The number of nitrogens with zero attached hydrogens (tertiary/aromatic N) is 2. The fourth-order valence-electron chi connectivity index (χ4n) is 5.33. The van der Waals surface area contributed by atoms with Gasteiger partial charge in [-0.05, 0) is 66.1 Å². The molecule has 5 aromatic rings. The van der Waals surface area contributed by atoms with Gasteiger partial charge in [0.05, 0.1) is 42.7 Å². The number of hydrogen-bond acceptors (Lipinski definition) is 8. The van der Waals surface area contributed by atoms with Crippen LogP contribution in [0.1, 0.15) is 35.2 Å².